The number of rotatable bonds is 5. The van der Waals surface area contributed by atoms with Gasteiger partial charge in [0.25, 0.3) is 0 Å². The minimum absolute atomic E-state index is 0.0764. The van der Waals surface area contributed by atoms with Gasteiger partial charge >= 0.3 is 12.2 Å². The summed E-state index contributed by atoms with van der Waals surface area (Å²) in [4.78, 5) is 18.6. The van der Waals surface area contributed by atoms with Crippen LogP contribution in [0.4, 0.5) is 22.4 Å². The molecule has 2 fully saturated rings. The number of likely N-dealkylation sites (tertiary alicyclic amines) is 1. The fourth-order valence-corrected chi connectivity index (χ4v) is 5.89. The predicted octanol–water partition coefficient (Wildman–Crippen LogP) is 3.44. The van der Waals surface area contributed by atoms with Gasteiger partial charge in [-0.05, 0) is 24.7 Å². The molecule has 2 aliphatic rings. The van der Waals surface area contributed by atoms with E-state index in [-0.39, 0.29) is 56.3 Å². The van der Waals surface area contributed by atoms with Gasteiger partial charge in [0.15, 0.2) is 0 Å². The van der Waals surface area contributed by atoms with E-state index in [1.165, 1.54) is 4.31 Å². The van der Waals surface area contributed by atoms with Gasteiger partial charge in [-0.1, -0.05) is 36.4 Å². The molecule has 1 unspecified atom stereocenters. The van der Waals surface area contributed by atoms with Crippen LogP contribution in [-0.2, 0) is 22.7 Å². The first-order valence-corrected chi connectivity index (χ1v) is 13.8. The van der Waals surface area contributed by atoms with E-state index >= 15 is 0 Å². The number of urea groups is 1. The summed E-state index contributed by atoms with van der Waals surface area (Å²) in [6.45, 7) is 1.88. The predicted molar refractivity (Wildman–Crippen MR) is 131 cm³/mol. The normalized spacial score (nSPS) is 21.6. The number of likely N-dealkylation sites (N-methyl/N-ethyl adjacent to an activating group) is 1. The SMILES string of the molecule is CN(Cc1ccc(C(F)(F)F)cc1F)C1CN(C(=O)N2CCN(S(C)(=O)=O)CC2)C[C@@H]1c1ccccc1. The Labute approximate surface area is 214 Å². The van der Waals surface area contributed by atoms with Gasteiger partial charge in [0.05, 0.1) is 11.8 Å². The molecule has 202 valence electrons. The molecule has 0 aliphatic carbocycles. The maximum Gasteiger partial charge on any atom is 0.416 e. The van der Waals surface area contributed by atoms with E-state index in [2.05, 4.69) is 0 Å². The molecule has 2 heterocycles. The average molecular weight is 543 g/mol. The molecule has 0 radical (unpaired) electrons. The molecule has 0 aromatic heterocycles. The monoisotopic (exact) mass is 542 g/mol. The molecule has 4 rings (SSSR count). The zero-order valence-corrected chi connectivity index (χ0v) is 21.5. The van der Waals surface area contributed by atoms with E-state index in [0.29, 0.717) is 19.2 Å². The Bertz CT molecular complexity index is 1220. The molecule has 2 atom stereocenters. The van der Waals surface area contributed by atoms with Crippen LogP contribution in [0.25, 0.3) is 0 Å². The molecule has 2 aromatic carbocycles. The van der Waals surface area contributed by atoms with Gasteiger partial charge in [-0.3, -0.25) is 4.90 Å². The molecule has 12 heteroatoms. The van der Waals surface area contributed by atoms with Crippen LogP contribution in [0.1, 0.15) is 22.6 Å². The van der Waals surface area contributed by atoms with E-state index in [4.69, 9.17) is 0 Å². The third-order valence-corrected chi connectivity index (χ3v) is 8.43. The van der Waals surface area contributed by atoms with Crippen LogP contribution in [-0.4, -0.2) is 92.1 Å². The number of alkyl halides is 3. The summed E-state index contributed by atoms with van der Waals surface area (Å²) in [6.07, 6.45) is -3.47. The van der Waals surface area contributed by atoms with Gasteiger partial charge in [-0.25, -0.2) is 17.6 Å². The molecular formula is C25H30F4N4O3S. The number of piperazine rings is 1. The Hall–Kier alpha value is -2.70. The number of nitrogens with zero attached hydrogens (tertiary/aromatic N) is 4. The maximum absolute atomic E-state index is 14.6. The standard InChI is InChI=1S/C25H30F4N4O3S/c1-30(15-19-8-9-20(14-22(19)26)25(27,28)29)23-17-32(16-21(23)18-6-4-3-5-7-18)24(34)31-10-12-33(13-11-31)37(2,35)36/h3-9,14,21,23H,10-13,15-17H2,1-2H3/t21-,23?/m1/s1. The minimum Gasteiger partial charge on any atom is -0.322 e. The van der Waals surface area contributed by atoms with Crippen LogP contribution in [0.3, 0.4) is 0 Å². The molecule has 0 saturated carbocycles. The van der Waals surface area contributed by atoms with Gasteiger partial charge in [-0.15, -0.1) is 0 Å². The van der Waals surface area contributed by atoms with E-state index in [9.17, 15) is 30.8 Å². The molecule has 2 aliphatic heterocycles. The van der Waals surface area contributed by atoms with Crippen molar-refractivity contribution < 1.29 is 30.8 Å². The fraction of sp³-hybridized carbons (Fsp3) is 0.480. The summed E-state index contributed by atoms with van der Waals surface area (Å²) in [5.74, 6) is -1.02. The first-order valence-electron chi connectivity index (χ1n) is 11.9. The van der Waals surface area contributed by atoms with Crippen LogP contribution >= 0.6 is 0 Å². The van der Waals surface area contributed by atoms with Gasteiger partial charge in [-0.2, -0.15) is 17.5 Å². The van der Waals surface area contributed by atoms with Crippen molar-refractivity contribution in [3.8, 4) is 0 Å². The molecule has 0 bridgehead atoms. The lowest BCUT2D eigenvalue weighted by molar-refractivity contribution is -0.137. The molecule has 2 aromatic rings. The van der Waals surface area contributed by atoms with Crippen molar-refractivity contribution in [2.75, 3.05) is 52.6 Å². The number of hydrogen-bond donors (Lipinski definition) is 0. The summed E-state index contributed by atoms with van der Waals surface area (Å²) in [5.41, 5.74) is 0.112. The lowest BCUT2D eigenvalue weighted by atomic mass is 9.93. The molecular weight excluding hydrogens is 512 g/mol. The van der Waals surface area contributed by atoms with Crippen molar-refractivity contribution in [1.82, 2.24) is 19.0 Å². The average Bonchev–Trinajstić information content (AvgIpc) is 3.30. The van der Waals surface area contributed by atoms with Crippen LogP contribution < -0.4 is 0 Å². The first kappa shape index (κ1) is 27.3. The molecule has 0 spiro atoms. The number of carbonyl (C=O) groups is 1. The summed E-state index contributed by atoms with van der Waals surface area (Å²) in [5, 5.41) is 0. The third-order valence-electron chi connectivity index (χ3n) is 7.13. The second-order valence-electron chi connectivity index (χ2n) is 9.64. The minimum atomic E-state index is -4.62. The lowest BCUT2D eigenvalue weighted by Gasteiger charge is -2.35. The Kier molecular flexibility index (Phi) is 7.82. The largest absolute Gasteiger partial charge is 0.416 e. The topological polar surface area (TPSA) is 64.2 Å². The summed E-state index contributed by atoms with van der Waals surface area (Å²) in [6, 6.07) is 11.8. The van der Waals surface area contributed by atoms with E-state index in [1.54, 1.807) is 16.8 Å². The zero-order chi connectivity index (χ0) is 27.0. The number of benzene rings is 2. The second kappa shape index (κ2) is 10.6. The fourth-order valence-electron chi connectivity index (χ4n) is 5.07. The molecule has 7 nitrogen and oxygen atoms in total. The molecule has 2 amide bonds. The van der Waals surface area contributed by atoms with Crippen molar-refractivity contribution in [3.63, 3.8) is 0 Å². The molecule has 37 heavy (non-hydrogen) atoms. The van der Waals surface area contributed by atoms with Crippen LogP contribution in [0.2, 0.25) is 0 Å². The zero-order valence-electron chi connectivity index (χ0n) is 20.7. The highest BCUT2D eigenvalue weighted by atomic mass is 32.2. The lowest BCUT2D eigenvalue weighted by Crippen LogP contribution is -2.53. The van der Waals surface area contributed by atoms with Crippen molar-refractivity contribution in [1.29, 1.82) is 0 Å². The first-order chi connectivity index (χ1) is 17.3. The van der Waals surface area contributed by atoms with Crippen LogP contribution in [0.5, 0.6) is 0 Å². The van der Waals surface area contributed by atoms with E-state index in [0.717, 1.165) is 24.0 Å². The maximum atomic E-state index is 14.6. The van der Waals surface area contributed by atoms with Crippen molar-refractivity contribution in [2.45, 2.75) is 24.7 Å². The Morgan fingerprint density at radius 1 is 1.00 bits per heavy atom. The number of halogens is 4. The number of sulfonamides is 1. The Morgan fingerprint density at radius 3 is 2.22 bits per heavy atom. The Morgan fingerprint density at radius 2 is 1.65 bits per heavy atom. The van der Waals surface area contributed by atoms with Crippen molar-refractivity contribution in [3.05, 3.63) is 71.0 Å². The van der Waals surface area contributed by atoms with Crippen molar-refractivity contribution in [2.24, 2.45) is 0 Å². The highest BCUT2D eigenvalue weighted by molar-refractivity contribution is 7.88. The summed E-state index contributed by atoms with van der Waals surface area (Å²) >= 11 is 0. The number of carbonyl (C=O) groups excluding carboxylic acids is 1. The van der Waals surface area contributed by atoms with E-state index in [1.807, 2.05) is 35.2 Å². The van der Waals surface area contributed by atoms with Crippen LogP contribution in [0.15, 0.2) is 48.5 Å². The van der Waals surface area contributed by atoms with Gasteiger partial charge in [0, 0.05) is 63.3 Å². The van der Waals surface area contributed by atoms with Gasteiger partial charge in [0.2, 0.25) is 10.0 Å². The quantitative estimate of drug-likeness (QED) is 0.544. The number of amides is 2. The van der Waals surface area contributed by atoms with E-state index < -0.39 is 27.6 Å². The molecule has 2 saturated heterocycles. The summed E-state index contributed by atoms with van der Waals surface area (Å²) in [7, 11) is -1.55. The van der Waals surface area contributed by atoms with Crippen LogP contribution in [0, 0.1) is 5.82 Å². The summed E-state index contributed by atoms with van der Waals surface area (Å²) < 4.78 is 78.4. The second-order valence-corrected chi connectivity index (χ2v) is 11.6. The van der Waals surface area contributed by atoms with Gasteiger partial charge < -0.3 is 9.80 Å². The van der Waals surface area contributed by atoms with Gasteiger partial charge in [0.1, 0.15) is 5.82 Å². The highest BCUT2D eigenvalue weighted by Gasteiger charge is 2.40. The smallest absolute Gasteiger partial charge is 0.322 e. The number of hydrogen-bond acceptors (Lipinski definition) is 4. The Balaban J connectivity index is 1.50. The molecule has 0 N–H and O–H groups in total. The third kappa shape index (κ3) is 6.24. The van der Waals surface area contributed by atoms with Crippen molar-refractivity contribution >= 4 is 16.1 Å². The highest BCUT2D eigenvalue weighted by Crippen LogP contribution is 2.34.